The molecule has 2 rings (SSSR count). The van der Waals surface area contributed by atoms with E-state index in [0.717, 1.165) is 25.1 Å². The summed E-state index contributed by atoms with van der Waals surface area (Å²) in [5.74, 6) is -0.433. The summed E-state index contributed by atoms with van der Waals surface area (Å²) in [6.07, 6.45) is 3.99. The minimum Gasteiger partial charge on any atom is -0.481 e. The van der Waals surface area contributed by atoms with Gasteiger partial charge in [-0.1, -0.05) is 0 Å². The number of carbonyl (C=O) groups is 1. The number of rotatable bonds is 3. The van der Waals surface area contributed by atoms with Gasteiger partial charge in [-0.2, -0.15) is 5.10 Å². The Morgan fingerprint density at radius 3 is 3.19 bits per heavy atom. The lowest BCUT2D eigenvalue weighted by Crippen LogP contribution is -2.33. The molecule has 88 valence electrons. The zero-order chi connectivity index (χ0) is 11.5. The molecular formula is C11H17N3O2. The van der Waals surface area contributed by atoms with Crippen LogP contribution in [0.1, 0.15) is 31.0 Å². The predicted octanol–water partition coefficient (Wildman–Crippen LogP) is 0.935. The van der Waals surface area contributed by atoms with Gasteiger partial charge < -0.3 is 10.4 Å². The van der Waals surface area contributed by atoms with Crippen molar-refractivity contribution in [2.75, 3.05) is 6.54 Å². The molecule has 2 N–H and O–H groups in total. The van der Waals surface area contributed by atoms with Gasteiger partial charge in [-0.3, -0.25) is 9.48 Å². The number of hydrogen-bond acceptors (Lipinski definition) is 3. The Kier molecular flexibility index (Phi) is 3.24. The fourth-order valence-corrected chi connectivity index (χ4v) is 2.27. The third kappa shape index (κ3) is 2.61. The Hall–Kier alpha value is -1.36. The summed E-state index contributed by atoms with van der Waals surface area (Å²) in [5, 5.41) is 16.5. The van der Waals surface area contributed by atoms with Gasteiger partial charge in [0.25, 0.3) is 0 Å². The predicted molar refractivity (Wildman–Crippen MR) is 58.9 cm³/mol. The molecule has 1 aliphatic heterocycles. The van der Waals surface area contributed by atoms with Gasteiger partial charge in [0, 0.05) is 19.7 Å². The zero-order valence-electron chi connectivity index (χ0n) is 9.39. The molecule has 1 fully saturated rings. The average Bonchev–Trinajstić information content (AvgIpc) is 2.64. The number of carboxylic acids is 1. The van der Waals surface area contributed by atoms with E-state index in [1.165, 1.54) is 0 Å². The first-order valence-corrected chi connectivity index (χ1v) is 5.60. The summed E-state index contributed by atoms with van der Waals surface area (Å²) in [7, 11) is 1.89. The van der Waals surface area contributed by atoms with E-state index in [0.29, 0.717) is 0 Å². The van der Waals surface area contributed by atoms with E-state index >= 15 is 0 Å². The largest absolute Gasteiger partial charge is 0.481 e. The smallest absolute Gasteiger partial charge is 0.303 e. The molecule has 5 nitrogen and oxygen atoms in total. The van der Waals surface area contributed by atoms with Gasteiger partial charge in [0.15, 0.2) is 0 Å². The topological polar surface area (TPSA) is 67.2 Å². The lowest BCUT2D eigenvalue weighted by Gasteiger charge is -2.28. The van der Waals surface area contributed by atoms with Crippen molar-refractivity contribution < 1.29 is 9.90 Å². The molecule has 2 atom stereocenters. The molecule has 2 heterocycles. The molecule has 16 heavy (non-hydrogen) atoms. The van der Waals surface area contributed by atoms with Crippen LogP contribution in [0.15, 0.2) is 12.3 Å². The lowest BCUT2D eigenvalue weighted by atomic mass is 9.88. The summed E-state index contributed by atoms with van der Waals surface area (Å²) in [4.78, 5) is 10.7. The SMILES string of the molecule is Cn1ccc(C2CC(CC(=O)O)CCN2)n1. The summed E-state index contributed by atoms with van der Waals surface area (Å²) >= 11 is 0. The number of aryl methyl sites for hydroxylation is 1. The molecule has 0 saturated carbocycles. The maximum atomic E-state index is 10.7. The summed E-state index contributed by atoms with van der Waals surface area (Å²) < 4.78 is 1.78. The molecular weight excluding hydrogens is 206 g/mol. The number of carboxylic acid groups (broad SMARTS) is 1. The highest BCUT2D eigenvalue weighted by Crippen LogP contribution is 2.28. The normalized spacial score (nSPS) is 25.6. The molecule has 1 aromatic rings. The van der Waals surface area contributed by atoms with Crippen molar-refractivity contribution in [1.29, 1.82) is 0 Å². The molecule has 0 spiro atoms. The van der Waals surface area contributed by atoms with Crippen LogP contribution in [0.2, 0.25) is 0 Å². The molecule has 0 amide bonds. The molecule has 0 aromatic carbocycles. The van der Waals surface area contributed by atoms with E-state index in [-0.39, 0.29) is 18.4 Å². The van der Waals surface area contributed by atoms with E-state index in [1.807, 2.05) is 19.3 Å². The fourth-order valence-electron chi connectivity index (χ4n) is 2.27. The van der Waals surface area contributed by atoms with Crippen LogP contribution >= 0.6 is 0 Å². The van der Waals surface area contributed by atoms with Crippen LogP contribution in [0.4, 0.5) is 0 Å². The van der Waals surface area contributed by atoms with Crippen molar-refractivity contribution >= 4 is 5.97 Å². The standard InChI is InChI=1S/C11H17N3O2/c1-14-5-3-9(13-14)10-6-8(2-4-12-10)7-11(15)16/h3,5,8,10,12H,2,4,6-7H2,1H3,(H,15,16). The van der Waals surface area contributed by atoms with Crippen molar-refractivity contribution in [3.63, 3.8) is 0 Å². The Morgan fingerprint density at radius 1 is 1.75 bits per heavy atom. The highest BCUT2D eigenvalue weighted by Gasteiger charge is 2.25. The number of hydrogen-bond donors (Lipinski definition) is 2. The first kappa shape index (κ1) is 11.1. The van der Waals surface area contributed by atoms with Crippen LogP contribution < -0.4 is 5.32 Å². The fraction of sp³-hybridized carbons (Fsp3) is 0.636. The van der Waals surface area contributed by atoms with Gasteiger partial charge >= 0.3 is 5.97 Å². The first-order chi connectivity index (χ1) is 7.65. The number of nitrogens with one attached hydrogen (secondary N) is 1. The monoisotopic (exact) mass is 223 g/mol. The quantitative estimate of drug-likeness (QED) is 0.800. The number of piperidine rings is 1. The molecule has 5 heteroatoms. The lowest BCUT2D eigenvalue weighted by molar-refractivity contribution is -0.138. The van der Waals surface area contributed by atoms with Crippen molar-refractivity contribution in [1.82, 2.24) is 15.1 Å². The van der Waals surface area contributed by atoms with E-state index in [9.17, 15) is 4.79 Å². The maximum absolute atomic E-state index is 10.7. The highest BCUT2D eigenvalue weighted by atomic mass is 16.4. The molecule has 1 aliphatic rings. The Bertz CT molecular complexity index is 375. The van der Waals surface area contributed by atoms with E-state index in [4.69, 9.17) is 5.11 Å². The number of aromatic nitrogens is 2. The van der Waals surface area contributed by atoms with Gasteiger partial charge in [0.05, 0.1) is 11.7 Å². The maximum Gasteiger partial charge on any atom is 0.303 e. The van der Waals surface area contributed by atoms with Crippen LogP contribution in [0.3, 0.4) is 0 Å². The van der Waals surface area contributed by atoms with Crippen molar-refractivity contribution in [2.24, 2.45) is 13.0 Å². The second kappa shape index (κ2) is 4.65. The zero-order valence-corrected chi connectivity index (χ0v) is 9.39. The summed E-state index contributed by atoms with van der Waals surface area (Å²) in [5.41, 5.74) is 1.01. The minimum absolute atomic E-state index is 0.208. The third-order valence-electron chi connectivity index (χ3n) is 3.07. The van der Waals surface area contributed by atoms with Crippen molar-refractivity contribution in [3.05, 3.63) is 18.0 Å². The molecule has 1 aromatic heterocycles. The van der Waals surface area contributed by atoms with Gasteiger partial charge in [-0.25, -0.2) is 0 Å². The van der Waals surface area contributed by atoms with Crippen LogP contribution in [0.5, 0.6) is 0 Å². The molecule has 0 aliphatic carbocycles. The molecule has 0 bridgehead atoms. The van der Waals surface area contributed by atoms with E-state index in [1.54, 1.807) is 4.68 Å². The number of aliphatic carboxylic acids is 1. The van der Waals surface area contributed by atoms with Gasteiger partial charge in [0.1, 0.15) is 0 Å². The highest BCUT2D eigenvalue weighted by molar-refractivity contribution is 5.67. The van der Waals surface area contributed by atoms with Crippen molar-refractivity contribution in [2.45, 2.75) is 25.3 Å². The Morgan fingerprint density at radius 2 is 2.56 bits per heavy atom. The van der Waals surface area contributed by atoms with E-state index in [2.05, 4.69) is 10.4 Å². The first-order valence-electron chi connectivity index (χ1n) is 5.60. The van der Waals surface area contributed by atoms with Gasteiger partial charge in [-0.15, -0.1) is 0 Å². The molecule has 0 radical (unpaired) electrons. The molecule has 2 unspecified atom stereocenters. The Labute approximate surface area is 94.5 Å². The van der Waals surface area contributed by atoms with Crippen LogP contribution in [-0.2, 0) is 11.8 Å². The average molecular weight is 223 g/mol. The Balaban J connectivity index is 1.99. The summed E-state index contributed by atoms with van der Waals surface area (Å²) in [6.45, 7) is 0.874. The second-order valence-corrected chi connectivity index (χ2v) is 4.41. The van der Waals surface area contributed by atoms with E-state index < -0.39 is 5.97 Å². The van der Waals surface area contributed by atoms with Crippen LogP contribution in [0, 0.1) is 5.92 Å². The van der Waals surface area contributed by atoms with Crippen LogP contribution in [-0.4, -0.2) is 27.4 Å². The summed E-state index contributed by atoms with van der Waals surface area (Å²) in [6, 6.07) is 2.19. The van der Waals surface area contributed by atoms with Gasteiger partial charge in [-0.05, 0) is 31.4 Å². The van der Waals surface area contributed by atoms with Crippen molar-refractivity contribution in [3.8, 4) is 0 Å². The van der Waals surface area contributed by atoms with Crippen LogP contribution in [0.25, 0.3) is 0 Å². The van der Waals surface area contributed by atoms with Gasteiger partial charge in [0.2, 0.25) is 0 Å². The number of nitrogens with zero attached hydrogens (tertiary/aromatic N) is 2. The second-order valence-electron chi connectivity index (χ2n) is 4.41. The third-order valence-corrected chi connectivity index (χ3v) is 3.07. The molecule has 1 saturated heterocycles. The minimum atomic E-state index is -0.702.